The first-order chi connectivity index (χ1) is 16.4. The Hall–Kier alpha value is -2.17. The highest BCUT2D eigenvalue weighted by Crippen LogP contribution is 2.38. The van der Waals surface area contributed by atoms with Crippen molar-refractivity contribution in [2.45, 2.75) is 63.9 Å². The van der Waals surface area contributed by atoms with Gasteiger partial charge in [-0.3, -0.25) is 4.79 Å². The number of hydrogen-bond acceptors (Lipinski definition) is 8. The van der Waals surface area contributed by atoms with E-state index in [2.05, 4.69) is 34.7 Å². The van der Waals surface area contributed by atoms with Crippen LogP contribution >= 0.6 is 34.4 Å². The molecule has 0 fully saturated rings. The molecule has 1 amide bonds. The molecule has 34 heavy (non-hydrogen) atoms. The molecule has 0 saturated carbocycles. The maximum atomic E-state index is 12.9. The number of aromatic nitrogens is 3. The summed E-state index contributed by atoms with van der Waals surface area (Å²) in [6.07, 6.45) is 7.26. The largest absolute Gasteiger partial charge is 0.465 e. The summed E-state index contributed by atoms with van der Waals surface area (Å²) in [4.78, 5) is 27.9. The number of nitrogens with zero attached hydrogens (tertiary/aromatic N) is 3. The molecule has 0 bridgehead atoms. The van der Waals surface area contributed by atoms with Crippen LogP contribution in [0.5, 0.6) is 0 Å². The molecule has 0 radical (unpaired) electrons. The minimum atomic E-state index is -0.378. The summed E-state index contributed by atoms with van der Waals surface area (Å²) in [6.45, 7) is 4.27. The number of rotatable bonds is 7. The number of methoxy groups -OCH3 is 1. The first-order valence-corrected chi connectivity index (χ1v) is 14.2. The predicted molar refractivity (Wildman–Crippen MR) is 139 cm³/mol. The van der Waals surface area contributed by atoms with Gasteiger partial charge >= 0.3 is 5.97 Å². The highest BCUT2D eigenvalue weighted by atomic mass is 32.2. The molecule has 0 saturated heterocycles. The third kappa shape index (κ3) is 5.08. The maximum Gasteiger partial charge on any atom is 0.341 e. The minimum Gasteiger partial charge on any atom is -0.465 e. The summed E-state index contributed by atoms with van der Waals surface area (Å²) in [5.41, 5.74) is 3.98. The van der Waals surface area contributed by atoms with E-state index in [0.717, 1.165) is 49.1 Å². The Labute approximate surface area is 212 Å². The quantitative estimate of drug-likeness (QED) is 0.321. The van der Waals surface area contributed by atoms with Gasteiger partial charge in [0.05, 0.1) is 18.4 Å². The van der Waals surface area contributed by atoms with E-state index < -0.39 is 0 Å². The zero-order chi connectivity index (χ0) is 24.2. The molecular weight excluding hydrogens is 488 g/mol. The van der Waals surface area contributed by atoms with Gasteiger partial charge < -0.3 is 14.6 Å². The van der Waals surface area contributed by atoms with E-state index in [4.69, 9.17) is 4.74 Å². The van der Waals surface area contributed by atoms with Gasteiger partial charge in [-0.05, 0) is 50.2 Å². The van der Waals surface area contributed by atoms with E-state index in [-0.39, 0.29) is 17.6 Å². The van der Waals surface area contributed by atoms with Crippen LogP contribution in [0, 0.1) is 6.92 Å². The topological polar surface area (TPSA) is 86.1 Å². The Morgan fingerprint density at radius 2 is 1.97 bits per heavy atom. The molecule has 0 atom stereocenters. The molecule has 0 unspecified atom stereocenters. The van der Waals surface area contributed by atoms with Gasteiger partial charge in [0.2, 0.25) is 5.91 Å². The number of carbonyl (C=O) groups excluding carboxylic acids is 2. The number of thioether (sulfide) groups is 1. The van der Waals surface area contributed by atoms with Crippen molar-refractivity contribution >= 4 is 51.3 Å². The van der Waals surface area contributed by atoms with E-state index in [0.29, 0.717) is 15.7 Å². The first kappa shape index (κ1) is 24.9. The van der Waals surface area contributed by atoms with E-state index in [9.17, 15) is 9.59 Å². The number of fused-ring (bicyclic) bond motifs is 1. The number of aryl methyl sites for hydroxylation is 2. The normalized spacial score (nSPS) is 13.8. The van der Waals surface area contributed by atoms with Crippen molar-refractivity contribution in [2.75, 3.05) is 18.2 Å². The molecule has 3 aromatic rings. The standard InChI is InChI=1S/C24H30N4O3S3/c1-5-15-14(2)32-12-17(15)21-26-27-24(28(21)3)33-13-19(29)25-22-20(23(30)31-4)16-10-8-6-7-9-11-18(16)34-22/h12H,5-11,13H2,1-4H3,(H,25,29). The summed E-state index contributed by atoms with van der Waals surface area (Å²) in [5, 5.41) is 15.1. The fourth-order valence-corrected chi connectivity index (χ4v) is 7.34. The van der Waals surface area contributed by atoms with Crippen molar-refractivity contribution in [3.05, 3.63) is 31.8 Å². The van der Waals surface area contributed by atoms with Crippen LogP contribution in [0.25, 0.3) is 11.4 Å². The third-order valence-electron chi connectivity index (χ3n) is 6.18. The Kier molecular flexibility index (Phi) is 8.10. The molecule has 3 heterocycles. The van der Waals surface area contributed by atoms with Crippen LogP contribution in [-0.2, 0) is 35.8 Å². The number of ether oxygens (including phenoxy) is 1. The molecule has 0 spiro atoms. The zero-order valence-electron chi connectivity index (χ0n) is 20.0. The first-order valence-electron chi connectivity index (χ1n) is 11.6. The van der Waals surface area contributed by atoms with Crippen molar-refractivity contribution in [1.29, 1.82) is 0 Å². The molecule has 1 N–H and O–H groups in total. The number of nitrogens with one attached hydrogen (secondary N) is 1. The van der Waals surface area contributed by atoms with Crippen molar-refractivity contribution in [2.24, 2.45) is 7.05 Å². The van der Waals surface area contributed by atoms with Crippen LogP contribution in [0.15, 0.2) is 10.5 Å². The average Bonchev–Trinajstić information content (AvgIpc) is 3.46. The molecule has 3 aromatic heterocycles. The van der Waals surface area contributed by atoms with Crippen LogP contribution in [0.2, 0.25) is 0 Å². The number of carbonyl (C=O) groups is 2. The summed E-state index contributed by atoms with van der Waals surface area (Å²) in [6, 6.07) is 0. The minimum absolute atomic E-state index is 0.172. The Balaban J connectivity index is 1.48. The number of thiophene rings is 2. The maximum absolute atomic E-state index is 12.9. The number of amides is 1. The van der Waals surface area contributed by atoms with Gasteiger partial charge in [0.25, 0.3) is 0 Å². The Morgan fingerprint density at radius 1 is 1.21 bits per heavy atom. The second-order valence-electron chi connectivity index (χ2n) is 8.35. The van der Waals surface area contributed by atoms with Crippen LogP contribution in [-0.4, -0.2) is 39.5 Å². The highest BCUT2D eigenvalue weighted by molar-refractivity contribution is 7.99. The average molecular weight is 519 g/mol. The molecule has 10 heteroatoms. The number of anilines is 1. The Bertz CT molecular complexity index is 1190. The highest BCUT2D eigenvalue weighted by Gasteiger charge is 2.26. The van der Waals surface area contributed by atoms with E-state index in [1.54, 1.807) is 11.3 Å². The molecule has 0 aromatic carbocycles. The van der Waals surface area contributed by atoms with Gasteiger partial charge in [-0.15, -0.1) is 32.9 Å². The van der Waals surface area contributed by atoms with Gasteiger partial charge in [-0.25, -0.2) is 4.79 Å². The SMILES string of the molecule is CCc1c(-c2nnc(SCC(=O)Nc3sc4c(c3C(=O)OC)CCCCCC4)n2C)csc1C. The van der Waals surface area contributed by atoms with E-state index in [1.165, 1.54) is 58.4 Å². The summed E-state index contributed by atoms with van der Waals surface area (Å²) in [7, 11) is 3.32. The van der Waals surface area contributed by atoms with Crippen molar-refractivity contribution in [3.8, 4) is 11.4 Å². The van der Waals surface area contributed by atoms with Crippen LogP contribution < -0.4 is 5.32 Å². The molecular formula is C24H30N4O3S3. The summed E-state index contributed by atoms with van der Waals surface area (Å²) < 4.78 is 7.00. The molecule has 0 aliphatic heterocycles. The van der Waals surface area contributed by atoms with Gasteiger partial charge in [0, 0.05) is 27.7 Å². The lowest BCUT2D eigenvalue weighted by molar-refractivity contribution is -0.113. The molecule has 4 rings (SSSR count). The monoisotopic (exact) mass is 518 g/mol. The summed E-state index contributed by atoms with van der Waals surface area (Å²) >= 11 is 4.57. The smallest absolute Gasteiger partial charge is 0.341 e. The van der Waals surface area contributed by atoms with E-state index in [1.807, 2.05) is 11.6 Å². The fraction of sp³-hybridized carbons (Fsp3) is 0.500. The second-order valence-corrected chi connectivity index (χ2v) is 11.5. The predicted octanol–water partition coefficient (Wildman–Crippen LogP) is 5.65. The fourth-order valence-electron chi connectivity index (χ4n) is 4.40. The molecule has 7 nitrogen and oxygen atoms in total. The van der Waals surface area contributed by atoms with Crippen LogP contribution in [0.3, 0.4) is 0 Å². The van der Waals surface area contributed by atoms with Crippen molar-refractivity contribution < 1.29 is 14.3 Å². The lowest BCUT2D eigenvalue weighted by atomic mass is 9.96. The van der Waals surface area contributed by atoms with Crippen molar-refractivity contribution in [1.82, 2.24) is 14.8 Å². The lowest BCUT2D eigenvalue weighted by Gasteiger charge is -2.11. The number of esters is 1. The van der Waals surface area contributed by atoms with Crippen molar-refractivity contribution in [3.63, 3.8) is 0 Å². The van der Waals surface area contributed by atoms with Gasteiger partial charge in [-0.1, -0.05) is 31.5 Å². The van der Waals surface area contributed by atoms with E-state index >= 15 is 0 Å². The third-order valence-corrected chi connectivity index (χ3v) is 9.36. The molecule has 1 aliphatic rings. The van der Waals surface area contributed by atoms with Gasteiger partial charge in [0.1, 0.15) is 5.00 Å². The second kappa shape index (κ2) is 11.0. The number of hydrogen-bond donors (Lipinski definition) is 1. The Morgan fingerprint density at radius 3 is 2.71 bits per heavy atom. The molecule has 182 valence electrons. The zero-order valence-corrected chi connectivity index (χ0v) is 22.5. The van der Waals surface area contributed by atoms with Crippen LogP contribution in [0.4, 0.5) is 5.00 Å². The lowest BCUT2D eigenvalue weighted by Crippen LogP contribution is -2.16. The molecule has 1 aliphatic carbocycles. The van der Waals surface area contributed by atoms with Crippen LogP contribution in [0.1, 0.15) is 63.8 Å². The van der Waals surface area contributed by atoms with Gasteiger partial charge in [0.15, 0.2) is 11.0 Å². The summed E-state index contributed by atoms with van der Waals surface area (Å²) in [5.74, 6) is 0.444. The van der Waals surface area contributed by atoms with Gasteiger partial charge in [-0.2, -0.15) is 0 Å².